The molecule has 2 heterocycles. The Morgan fingerprint density at radius 2 is 2.08 bits per heavy atom. The van der Waals surface area contributed by atoms with Gasteiger partial charge in [0.15, 0.2) is 5.13 Å². The lowest BCUT2D eigenvalue weighted by Gasteiger charge is -2.24. The zero-order valence-corrected chi connectivity index (χ0v) is 16.4. The second-order valence-corrected chi connectivity index (χ2v) is 8.45. The molecule has 26 heavy (non-hydrogen) atoms. The predicted octanol–water partition coefficient (Wildman–Crippen LogP) is 4.14. The standard InChI is InChI=1S/C20H23N3O2S/c1-10-7-15(18-11(2)21-20(26-18)22-13(4)24)8-16-9-23(19(25)17(10)16)12(3)14-5-6-14/h7-8,12,14H,5-6,9H2,1-4H3,(H,21,22,24). The second kappa shape index (κ2) is 6.20. The number of anilines is 1. The van der Waals surface area contributed by atoms with Gasteiger partial charge < -0.3 is 10.2 Å². The number of rotatable bonds is 4. The predicted molar refractivity (Wildman–Crippen MR) is 103 cm³/mol. The number of nitrogens with one attached hydrogen (secondary N) is 1. The average Bonchev–Trinajstić information content (AvgIpc) is 3.27. The Morgan fingerprint density at radius 3 is 2.73 bits per heavy atom. The number of carbonyl (C=O) groups is 2. The molecule has 2 amide bonds. The number of carbonyl (C=O) groups excluding carboxylic acids is 2. The van der Waals surface area contributed by atoms with E-state index in [-0.39, 0.29) is 11.8 Å². The van der Waals surface area contributed by atoms with Gasteiger partial charge in [-0.05, 0) is 68.4 Å². The molecule has 5 nitrogen and oxygen atoms in total. The molecule has 136 valence electrons. The quantitative estimate of drug-likeness (QED) is 0.881. The molecule has 1 unspecified atom stereocenters. The normalized spacial score (nSPS) is 17.4. The van der Waals surface area contributed by atoms with Gasteiger partial charge in [-0.25, -0.2) is 4.98 Å². The van der Waals surface area contributed by atoms with Crippen LogP contribution in [-0.4, -0.2) is 27.7 Å². The minimum absolute atomic E-state index is 0.120. The zero-order chi connectivity index (χ0) is 18.6. The van der Waals surface area contributed by atoms with Crippen molar-refractivity contribution in [2.45, 2.75) is 53.1 Å². The summed E-state index contributed by atoms with van der Waals surface area (Å²) in [6.45, 7) is 8.31. The van der Waals surface area contributed by atoms with Gasteiger partial charge >= 0.3 is 0 Å². The van der Waals surface area contributed by atoms with Gasteiger partial charge in [0, 0.05) is 25.1 Å². The first kappa shape index (κ1) is 17.2. The number of hydrogen-bond donors (Lipinski definition) is 1. The van der Waals surface area contributed by atoms with Crippen molar-refractivity contribution in [3.63, 3.8) is 0 Å². The van der Waals surface area contributed by atoms with E-state index in [1.807, 2.05) is 18.7 Å². The van der Waals surface area contributed by atoms with E-state index in [1.54, 1.807) is 0 Å². The van der Waals surface area contributed by atoms with Crippen molar-refractivity contribution in [2.75, 3.05) is 5.32 Å². The van der Waals surface area contributed by atoms with Gasteiger partial charge in [-0.3, -0.25) is 9.59 Å². The molecule has 1 atom stereocenters. The second-order valence-electron chi connectivity index (χ2n) is 7.45. The van der Waals surface area contributed by atoms with Crippen molar-refractivity contribution < 1.29 is 9.59 Å². The molecule has 2 aromatic rings. The minimum Gasteiger partial charge on any atom is -0.331 e. The van der Waals surface area contributed by atoms with Gasteiger partial charge in [0.05, 0.1) is 10.6 Å². The molecule has 1 saturated carbocycles. The summed E-state index contributed by atoms with van der Waals surface area (Å²) < 4.78 is 0. The largest absolute Gasteiger partial charge is 0.331 e. The van der Waals surface area contributed by atoms with Crippen molar-refractivity contribution in [3.8, 4) is 10.4 Å². The van der Waals surface area contributed by atoms with Gasteiger partial charge in [-0.15, -0.1) is 0 Å². The third kappa shape index (κ3) is 2.92. The van der Waals surface area contributed by atoms with Crippen molar-refractivity contribution in [2.24, 2.45) is 5.92 Å². The maximum atomic E-state index is 12.9. The van der Waals surface area contributed by atoms with Gasteiger partial charge in [0.2, 0.25) is 5.91 Å². The highest BCUT2D eigenvalue weighted by atomic mass is 32.1. The van der Waals surface area contributed by atoms with Gasteiger partial charge in [0.1, 0.15) is 0 Å². The summed E-state index contributed by atoms with van der Waals surface area (Å²) in [6.07, 6.45) is 2.47. The summed E-state index contributed by atoms with van der Waals surface area (Å²) in [5.41, 5.74) is 4.95. The number of thiazole rings is 1. The highest BCUT2D eigenvalue weighted by Gasteiger charge is 2.39. The van der Waals surface area contributed by atoms with E-state index < -0.39 is 0 Å². The Morgan fingerprint density at radius 1 is 1.35 bits per heavy atom. The summed E-state index contributed by atoms with van der Waals surface area (Å²) in [7, 11) is 0. The highest BCUT2D eigenvalue weighted by Crippen LogP contribution is 2.41. The molecule has 0 saturated heterocycles. The van der Waals surface area contributed by atoms with Crippen molar-refractivity contribution in [3.05, 3.63) is 34.5 Å². The van der Waals surface area contributed by atoms with Crippen LogP contribution < -0.4 is 5.32 Å². The van der Waals surface area contributed by atoms with Crippen LogP contribution in [0.4, 0.5) is 5.13 Å². The fourth-order valence-corrected chi connectivity index (χ4v) is 4.85. The molecule has 4 rings (SSSR count). The van der Waals surface area contributed by atoms with E-state index in [9.17, 15) is 9.59 Å². The summed E-state index contributed by atoms with van der Waals surface area (Å²) in [6, 6.07) is 4.51. The Bertz CT molecular complexity index is 914. The zero-order valence-electron chi connectivity index (χ0n) is 15.5. The molecule has 1 aromatic carbocycles. The van der Waals surface area contributed by atoms with Crippen LogP contribution >= 0.6 is 11.3 Å². The van der Waals surface area contributed by atoms with Gasteiger partial charge in [-0.2, -0.15) is 0 Å². The van der Waals surface area contributed by atoms with Crippen molar-refractivity contribution in [1.82, 2.24) is 9.88 Å². The fraction of sp³-hybridized carbons (Fsp3) is 0.450. The number of aromatic nitrogens is 1. The molecule has 1 aromatic heterocycles. The molecule has 1 aliphatic heterocycles. The lowest BCUT2D eigenvalue weighted by atomic mass is 9.99. The van der Waals surface area contributed by atoms with E-state index in [4.69, 9.17) is 0 Å². The fourth-order valence-electron chi connectivity index (χ4n) is 3.85. The van der Waals surface area contributed by atoms with E-state index in [0.29, 0.717) is 23.6 Å². The van der Waals surface area contributed by atoms with Crippen LogP contribution in [0.1, 0.15) is 53.9 Å². The number of amides is 2. The third-order valence-corrected chi connectivity index (χ3v) is 6.49. The van der Waals surface area contributed by atoms with Crippen LogP contribution in [-0.2, 0) is 11.3 Å². The Balaban J connectivity index is 1.69. The summed E-state index contributed by atoms with van der Waals surface area (Å²) >= 11 is 1.48. The molecule has 0 bridgehead atoms. The molecule has 6 heteroatoms. The highest BCUT2D eigenvalue weighted by molar-refractivity contribution is 7.19. The van der Waals surface area contributed by atoms with Crippen LogP contribution in [0.2, 0.25) is 0 Å². The van der Waals surface area contributed by atoms with Crippen LogP contribution in [0.5, 0.6) is 0 Å². The molecular weight excluding hydrogens is 346 g/mol. The third-order valence-electron chi connectivity index (χ3n) is 5.37. The van der Waals surface area contributed by atoms with Crippen LogP contribution in [0.15, 0.2) is 12.1 Å². The summed E-state index contributed by atoms with van der Waals surface area (Å²) in [5.74, 6) is 0.714. The Labute approximate surface area is 157 Å². The first-order valence-electron chi connectivity index (χ1n) is 9.05. The molecule has 1 fully saturated rings. The molecular formula is C20H23N3O2S. The minimum atomic E-state index is -0.120. The number of hydrogen-bond acceptors (Lipinski definition) is 4. The Hall–Kier alpha value is -2.21. The number of fused-ring (bicyclic) bond motifs is 1. The smallest absolute Gasteiger partial charge is 0.255 e. The SMILES string of the molecule is CC(=O)Nc1nc(C)c(-c2cc(C)c3c(c2)CN(C(C)C2CC2)C3=O)s1. The van der Waals surface area contributed by atoms with Crippen LogP contribution in [0.3, 0.4) is 0 Å². The van der Waals surface area contributed by atoms with Gasteiger partial charge in [0.25, 0.3) is 5.91 Å². The topological polar surface area (TPSA) is 62.3 Å². The van der Waals surface area contributed by atoms with E-state index in [0.717, 1.165) is 32.8 Å². The average molecular weight is 369 g/mol. The lowest BCUT2D eigenvalue weighted by Crippen LogP contribution is -2.34. The molecule has 0 spiro atoms. The maximum absolute atomic E-state index is 12.9. The number of benzene rings is 1. The molecule has 1 N–H and O–H groups in total. The number of nitrogens with zero attached hydrogens (tertiary/aromatic N) is 2. The van der Waals surface area contributed by atoms with E-state index in [1.165, 1.54) is 31.1 Å². The van der Waals surface area contributed by atoms with Crippen molar-refractivity contribution >= 4 is 28.3 Å². The summed E-state index contributed by atoms with van der Waals surface area (Å²) in [4.78, 5) is 31.7. The summed E-state index contributed by atoms with van der Waals surface area (Å²) in [5, 5.41) is 3.37. The van der Waals surface area contributed by atoms with Crippen LogP contribution in [0.25, 0.3) is 10.4 Å². The number of aryl methyl sites for hydroxylation is 2. The first-order chi connectivity index (χ1) is 12.3. The molecule has 1 aliphatic carbocycles. The Kier molecular flexibility index (Phi) is 4.10. The maximum Gasteiger partial charge on any atom is 0.255 e. The van der Waals surface area contributed by atoms with E-state index in [2.05, 4.69) is 29.4 Å². The first-order valence-corrected chi connectivity index (χ1v) is 9.86. The lowest BCUT2D eigenvalue weighted by molar-refractivity contribution is -0.114. The van der Waals surface area contributed by atoms with Gasteiger partial charge in [-0.1, -0.05) is 11.3 Å². The molecule has 2 aliphatic rings. The monoisotopic (exact) mass is 369 g/mol. The molecule has 0 radical (unpaired) electrons. The van der Waals surface area contributed by atoms with Crippen molar-refractivity contribution in [1.29, 1.82) is 0 Å². The van der Waals surface area contributed by atoms with Crippen LogP contribution in [0, 0.1) is 19.8 Å². The van der Waals surface area contributed by atoms with E-state index >= 15 is 0 Å².